The van der Waals surface area contributed by atoms with Gasteiger partial charge in [-0.3, -0.25) is 19.7 Å². The summed E-state index contributed by atoms with van der Waals surface area (Å²) in [7, 11) is 0. The van der Waals surface area contributed by atoms with Gasteiger partial charge in [-0.1, -0.05) is 29.8 Å². The molecule has 160 valence electrons. The lowest BCUT2D eigenvalue weighted by molar-refractivity contribution is -0.384. The zero-order valence-electron chi connectivity index (χ0n) is 17.3. The highest BCUT2D eigenvalue weighted by Gasteiger charge is 2.41. The lowest BCUT2D eigenvalue weighted by Gasteiger charge is -2.16. The molecule has 1 aliphatic rings. The van der Waals surface area contributed by atoms with E-state index in [9.17, 15) is 24.1 Å². The minimum Gasteiger partial charge on any atom is -0.350 e. The molecule has 0 aliphatic carbocycles. The number of benzene rings is 3. The summed E-state index contributed by atoms with van der Waals surface area (Å²) in [6.45, 7) is 3.79. The highest BCUT2D eigenvalue weighted by Crippen LogP contribution is 2.35. The Morgan fingerprint density at radius 1 is 0.938 bits per heavy atom. The number of anilines is 2. The predicted octanol–water partition coefficient (Wildman–Crippen LogP) is 4.75. The second kappa shape index (κ2) is 8.07. The Morgan fingerprint density at radius 2 is 1.62 bits per heavy atom. The van der Waals surface area contributed by atoms with Crippen molar-refractivity contribution in [2.24, 2.45) is 0 Å². The van der Waals surface area contributed by atoms with Gasteiger partial charge < -0.3 is 5.32 Å². The van der Waals surface area contributed by atoms with Crippen LogP contribution in [-0.4, -0.2) is 16.7 Å². The third-order valence-electron chi connectivity index (χ3n) is 5.19. The van der Waals surface area contributed by atoms with Gasteiger partial charge in [0.2, 0.25) is 0 Å². The zero-order valence-corrected chi connectivity index (χ0v) is 17.3. The van der Waals surface area contributed by atoms with Crippen molar-refractivity contribution < 1.29 is 18.9 Å². The number of nitrogens with one attached hydrogen (secondary N) is 1. The van der Waals surface area contributed by atoms with Crippen molar-refractivity contribution in [2.75, 3.05) is 10.2 Å². The van der Waals surface area contributed by atoms with E-state index in [2.05, 4.69) is 5.32 Å². The Bertz CT molecular complexity index is 1300. The Morgan fingerprint density at radius 3 is 2.25 bits per heavy atom. The smallest absolute Gasteiger partial charge is 0.282 e. The molecule has 3 aromatic rings. The van der Waals surface area contributed by atoms with Gasteiger partial charge in [0, 0.05) is 17.8 Å². The molecule has 0 saturated carbocycles. The highest BCUT2D eigenvalue weighted by molar-refractivity contribution is 6.46. The van der Waals surface area contributed by atoms with E-state index in [1.807, 2.05) is 26.0 Å². The molecule has 7 nitrogen and oxygen atoms in total. The van der Waals surface area contributed by atoms with Crippen LogP contribution >= 0.6 is 0 Å². The van der Waals surface area contributed by atoms with Crippen molar-refractivity contribution in [3.05, 3.63) is 105 Å². The van der Waals surface area contributed by atoms with Crippen LogP contribution in [0.3, 0.4) is 0 Å². The van der Waals surface area contributed by atoms with Gasteiger partial charge in [-0.05, 0) is 55.3 Å². The maximum absolute atomic E-state index is 14.5. The average molecular weight is 431 g/mol. The van der Waals surface area contributed by atoms with E-state index in [1.165, 1.54) is 42.5 Å². The van der Waals surface area contributed by atoms with Crippen LogP contribution in [0.15, 0.2) is 72.4 Å². The number of imide groups is 1. The standard InChI is InChI=1S/C24H18FN3O4/c1-14-7-12-19(15(2)13-14)26-22-21(16-8-10-17(11-9-16)28(31)32)23(29)27(24(22)30)20-6-4-3-5-18(20)25/h3-13,26H,1-2H3. The Labute approximate surface area is 182 Å². The fourth-order valence-corrected chi connectivity index (χ4v) is 3.60. The van der Waals surface area contributed by atoms with E-state index in [4.69, 9.17) is 0 Å². The minimum absolute atomic E-state index is 0.00752. The van der Waals surface area contributed by atoms with Gasteiger partial charge in [0.15, 0.2) is 0 Å². The fraction of sp³-hybridized carbons (Fsp3) is 0.0833. The molecule has 32 heavy (non-hydrogen) atoms. The molecule has 4 rings (SSSR count). The van der Waals surface area contributed by atoms with Crippen molar-refractivity contribution in [1.29, 1.82) is 0 Å². The van der Waals surface area contributed by atoms with Crippen LogP contribution in [-0.2, 0) is 9.59 Å². The van der Waals surface area contributed by atoms with Gasteiger partial charge in [-0.25, -0.2) is 9.29 Å². The number of non-ortho nitro benzene ring substituents is 1. The third-order valence-corrected chi connectivity index (χ3v) is 5.19. The molecule has 3 aromatic carbocycles. The van der Waals surface area contributed by atoms with Crippen molar-refractivity contribution in [1.82, 2.24) is 0 Å². The normalized spacial score (nSPS) is 13.7. The van der Waals surface area contributed by atoms with Gasteiger partial charge in [-0.15, -0.1) is 0 Å². The average Bonchev–Trinajstić information content (AvgIpc) is 3.00. The molecule has 1 N–H and O–H groups in total. The number of aryl methyl sites for hydroxylation is 2. The number of amides is 2. The summed E-state index contributed by atoms with van der Waals surface area (Å²) < 4.78 is 14.5. The van der Waals surface area contributed by atoms with Crippen molar-refractivity contribution >= 4 is 34.4 Å². The monoisotopic (exact) mass is 431 g/mol. The summed E-state index contributed by atoms with van der Waals surface area (Å²) in [5, 5.41) is 14.0. The molecular weight excluding hydrogens is 413 g/mol. The van der Waals surface area contributed by atoms with Gasteiger partial charge in [0.25, 0.3) is 17.5 Å². The number of rotatable bonds is 5. The summed E-state index contributed by atoms with van der Waals surface area (Å²) in [5.41, 5.74) is 2.46. The molecular formula is C24H18FN3O4. The van der Waals surface area contributed by atoms with Crippen LogP contribution in [0.2, 0.25) is 0 Å². The van der Waals surface area contributed by atoms with E-state index in [-0.39, 0.29) is 22.6 Å². The molecule has 0 radical (unpaired) electrons. The molecule has 0 bridgehead atoms. The molecule has 0 saturated heterocycles. The van der Waals surface area contributed by atoms with Gasteiger partial charge in [-0.2, -0.15) is 0 Å². The zero-order chi connectivity index (χ0) is 23.0. The third kappa shape index (κ3) is 3.62. The molecule has 0 fully saturated rings. The number of nitro groups is 1. The number of carbonyl (C=O) groups is 2. The van der Waals surface area contributed by atoms with Crippen LogP contribution in [0, 0.1) is 29.8 Å². The molecule has 0 atom stereocenters. The Hall–Kier alpha value is -4.33. The number of carbonyl (C=O) groups excluding carboxylic acids is 2. The molecule has 0 unspecified atom stereocenters. The number of para-hydroxylation sites is 1. The molecule has 1 aliphatic heterocycles. The quantitative estimate of drug-likeness (QED) is 0.358. The van der Waals surface area contributed by atoms with E-state index in [1.54, 1.807) is 6.07 Å². The first-order valence-electron chi connectivity index (χ1n) is 9.74. The highest BCUT2D eigenvalue weighted by atomic mass is 19.1. The summed E-state index contributed by atoms with van der Waals surface area (Å²) >= 11 is 0. The maximum Gasteiger partial charge on any atom is 0.282 e. The van der Waals surface area contributed by atoms with Gasteiger partial charge in [0.05, 0.1) is 16.2 Å². The Kier molecular flexibility index (Phi) is 5.28. The topological polar surface area (TPSA) is 92.6 Å². The van der Waals surface area contributed by atoms with Crippen LogP contribution in [0.25, 0.3) is 5.57 Å². The Balaban J connectivity index is 1.85. The summed E-state index contributed by atoms with van der Waals surface area (Å²) in [6, 6.07) is 16.4. The first kappa shape index (κ1) is 20.9. The maximum atomic E-state index is 14.5. The number of nitrogens with zero attached hydrogens (tertiary/aromatic N) is 2. The van der Waals surface area contributed by atoms with Crippen molar-refractivity contribution in [2.45, 2.75) is 13.8 Å². The predicted molar refractivity (Wildman–Crippen MR) is 118 cm³/mol. The molecule has 2 amide bonds. The van der Waals surface area contributed by atoms with Crippen LogP contribution < -0.4 is 10.2 Å². The van der Waals surface area contributed by atoms with Crippen LogP contribution in [0.5, 0.6) is 0 Å². The van der Waals surface area contributed by atoms with Crippen LogP contribution in [0.1, 0.15) is 16.7 Å². The lowest BCUT2D eigenvalue weighted by Crippen LogP contribution is -2.33. The van der Waals surface area contributed by atoms with Gasteiger partial charge in [0.1, 0.15) is 11.5 Å². The number of hydrogen-bond acceptors (Lipinski definition) is 5. The van der Waals surface area contributed by atoms with E-state index in [0.29, 0.717) is 11.3 Å². The number of hydrogen-bond donors (Lipinski definition) is 1. The molecule has 0 aromatic heterocycles. The van der Waals surface area contributed by atoms with Crippen LogP contribution in [0.4, 0.5) is 21.5 Å². The van der Waals surface area contributed by atoms with E-state index >= 15 is 0 Å². The second-order valence-electron chi connectivity index (χ2n) is 7.39. The van der Waals surface area contributed by atoms with Crippen molar-refractivity contribution in [3.63, 3.8) is 0 Å². The molecule has 0 spiro atoms. The first-order valence-corrected chi connectivity index (χ1v) is 9.74. The summed E-state index contributed by atoms with van der Waals surface area (Å²) in [6.07, 6.45) is 0. The largest absolute Gasteiger partial charge is 0.350 e. The van der Waals surface area contributed by atoms with Crippen molar-refractivity contribution in [3.8, 4) is 0 Å². The number of halogens is 1. The van der Waals surface area contributed by atoms with E-state index in [0.717, 1.165) is 22.1 Å². The molecule has 1 heterocycles. The summed E-state index contributed by atoms with van der Waals surface area (Å²) in [5.74, 6) is -2.15. The fourth-order valence-electron chi connectivity index (χ4n) is 3.60. The van der Waals surface area contributed by atoms with E-state index < -0.39 is 22.6 Å². The van der Waals surface area contributed by atoms with Gasteiger partial charge >= 0.3 is 0 Å². The first-order chi connectivity index (χ1) is 15.3. The minimum atomic E-state index is -0.721. The SMILES string of the molecule is Cc1ccc(NC2=C(c3ccc([N+](=O)[O-])cc3)C(=O)N(c3ccccc3F)C2=O)c(C)c1. The number of nitro benzene ring substituents is 1. The molecule has 8 heteroatoms. The lowest BCUT2D eigenvalue weighted by atomic mass is 10.0. The summed E-state index contributed by atoms with van der Waals surface area (Å²) in [4.78, 5) is 37.9. The second-order valence-corrected chi connectivity index (χ2v) is 7.39.